The molecule has 10 nitrogen and oxygen atoms in total. The van der Waals surface area contributed by atoms with Gasteiger partial charge >= 0.3 is 6.09 Å². The van der Waals surface area contributed by atoms with E-state index >= 15 is 4.39 Å². The number of aromatic nitrogens is 4. The number of H-pyrrole nitrogens is 2. The number of anilines is 1. The number of piperazine rings is 1. The van der Waals surface area contributed by atoms with E-state index in [1.54, 1.807) is 42.5 Å². The van der Waals surface area contributed by atoms with Gasteiger partial charge in [0.1, 0.15) is 5.82 Å². The first kappa shape index (κ1) is 26.6. The Morgan fingerprint density at radius 3 is 2.61 bits per heavy atom. The van der Waals surface area contributed by atoms with Gasteiger partial charge in [-0.1, -0.05) is 30.3 Å². The van der Waals surface area contributed by atoms with Gasteiger partial charge in [-0.05, 0) is 48.5 Å². The van der Waals surface area contributed by atoms with E-state index < -0.39 is 6.09 Å². The van der Waals surface area contributed by atoms with E-state index in [4.69, 9.17) is 0 Å². The standard InChI is InChI=1S/C30H30FN7O3/c1-36-10-12-37(13-11-36)14-15-38(30(40)41)29-32-25-9-7-20(18-27(25)33-29)23-16-19(6-8-24(23)31)17-26-21-4-2-3-5-22(21)28(39)35-34-26/h2-9,16,18H,10-15,17H2,1H3,(H,32,33)(H,35,39)(H,40,41). The van der Waals surface area contributed by atoms with Crippen LogP contribution in [0.4, 0.5) is 15.1 Å². The molecule has 3 heterocycles. The molecular formula is C30H30FN7O3. The van der Waals surface area contributed by atoms with Gasteiger partial charge in [-0.15, -0.1) is 0 Å². The van der Waals surface area contributed by atoms with Gasteiger partial charge in [0.15, 0.2) is 0 Å². The predicted octanol–water partition coefficient (Wildman–Crippen LogP) is 3.93. The Bertz CT molecular complexity index is 1790. The van der Waals surface area contributed by atoms with Gasteiger partial charge in [0.05, 0.1) is 22.1 Å². The molecule has 0 radical (unpaired) electrons. The molecule has 5 aromatic rings. The number of amides is 1. The minimum absolute atomic E-state index is 0.240. The summed E-state index contributed by atoms with van der Waals surface area (Å²) in [7, 11) is 2.08. The van der Waals surface area contributed by atoms with Gasteiger partial charge in [0.2, 0.25) is 5.95 Å². The number of nitrogens with one attached hydrogen (secondary N) is 2. The third-order valence-electron chi connectivity index (χ3n) is 7.68. The second kappa shape index (κ2) is 11.1. The molecule has 1 aliphatic rings. The van der Waals surface area contributed by atoms with Crippen LogP contribution in [0.15, 0.2) is 65.5 Å². The molecule has 0 spiro atoms. The molecule has 0 atom stereocenters. The number of rotatable bonds is 7. The molecule has 1 aliphatic heterocycles. The van der Waals surface area contributed by atoms with Crippen molar-refractivity contribution >= 4 is 33.8 Å². The lowest BCUT2D eigenvalue weighted by atomic mass is 9.98. The number of nitrogens with zero attached hydrogens (tertiary/aromatic N) is 5. The summed E-state index contributed by atoms with van der Waals surface area (Å²) in [5.41, 5.74) is 3.51. The number of likely N-dealkylation sites (N-methyl/N-ethyl adjacent to an activating group) is 1. The number of aromatic amines is 2. The molecule has 0 aliphatic carbocycles. The van der Waals surface area contributed by atoms with E-state index in [2.05, 4.69) is 37.0 Å². The van der Waals surface area contributed by atoms with Crippen LogP contribution in [0.1, 0.15) is 11.3 Å². The molecule has 6 rings (SSSR count). The monoisotopic (exact) mass is 555 g/mol. The smallest absolute Gasteiger partial charge is 0.414 e. The highest BCUT2D eigenvalue weighted by atomic mass is 19.1. The lowest BCUT2D eigenvalue weighted by molar-refractivity contribution is 0.155. The summed E-state index contributed by atoms with van der Waals surface area (Å²) in [6.07, 6.45) is -0.678. The van der Waals surface area contributed by atoms with Crippen molar-refractivity contribution < 1.29 is 14.3 Å². The number of carboxylic acid groups (broad SMARTS) is 1. The van der Waals surface area contributed by atoms with Gasteiger partial charge in [0, 0.05) is 56.6 Å². The van der Waals surface area contributed by atoms with Gasteiger partial charge in [0.25, 0.3) is 5.56 Å². The van der Waals surface area contributed by atoms with Crippen LogP contribution in [0, 0.1) is 5.82 Å². The first-order chi connectivity index (χ1) is 19.9. The summed E-state index contributed by atoms with van der Waals surface area (Å²) < 4.78 is 15.1. The Kier molecular flexibility index (Phi) is 7.21. The number of carbonyl (C=O) groups is 1. The predicted molar refractivity (Wildman–Crippen MR) is 156 cm³/mol. The molecule has 41 heavy (non-hydrogen) atoms. The zero-order valence-corrected chi connectivity index (χ0v) is 22.6. The normalized spacial score (nSPS) is 14.6. The fourth-order valence-electron chi connectivity index (χ4n) is 5.30. The number of hydrogen-bond donors (Lipinski definition) is 3. The highest BCUT2D eigenvalue weighted by Gasteiger charge is 2.21. The van der Waals surface area contributed by atoms with Crippen molar-refractivity contribution in [2.24, 2.45) is 0 Å². The lowest BCUT2D eigenvalue weighted by Gasteiger charge is -2.33. The molecule has 0 unspecified atom stereocenters. The summed E-state index contributed by atoms with van der Waals surface area (Å²) in [6, 6.07) is 17.5. The fraction of sp³-hybridized carbons (Fsp3) is 0.267. The quantitative estimate of drug-likeness (QED) is 0.278. The Morgan fingerprint density at radius 2 is 1.83 bits per heavy atom. The first-order valence-corrected chi connectivity index (χ1v) is 13.5. The van der Waals surface area contributed by atoms with E-state index in [0.29, 0.717) is 46.2 Å². The Labute approximate surface area is 235 Å². The maximum atomic E-state index is 15.1. The summed E-state index contributed by atoms with van der Waals surface area (Å²) in [6.45, 7) is 4.60. The number of hydrogen-bond acceptors (Lipinski definition) is 6. The van der Waals surface area contributed by atoms with Gasteiger partial charge in [-0.25, -0.2) is 24.2 Å². The van der Waals surface area contributed by atoms with Crippen LogP contribution >= 0.6 is 0 Å². The van der Waals surface area contributed by atoms with E-state index in [1.807, 2.05) is 12.1 Å². The summed E-state index contributed by atoms with van der Waals surface area (Å²) >= 11 is 0. The molecule has 1 fully saturated rings. The highest BCUT2D eigenvalue weighted by Crippen LogP contribution is 2.29. The number of benzene rings is 3. The minimum Gasteiger partial charge on any atom is -0.465 e. The zero-order chi connectivity index (χ0) is 28.5. The number of fused-ring (bicyclic) bond motifs is 2. The van der Waals surface area contributed by atoms with E-state index in [-0.39, 0.29) is 23.9 Å². The molecule has 1 saturated heterocycles. The van der Waals surface area contributed by atoms with Crippen LogP contribution in [-0.2, 0) is 6.42 Å². The van der Waals surface area contributed by atoms with E-state index in [9.17, 15) is 14.7 Å². The zero-order valence-electron chi connectivity index (χ0n) is 22.6. The van der Waals surface area contributed by atoms with Crippen LogP contribution in [0.2, 0.25) is 0 Å². The molecule has 2 aromatic heterocycles. The van der Waals surface area contributed by atoms with Gasteiger partial charge < -0.3 is 15.0 Å². The van der Waals surface area contributed by atoms with Crippen LogP contribution in [-0.4, -0.2) is 87.5 Å². The third kappa shape index (κ3) is 5.54. The van der Waals surface area contributed by atoms with Crippen LogP contribution in [0.5, 0.6) is 0 Å². The Balaban J connectivity index is 1.26. The molecule has 0 bridgehead atoms. The third-order valence-corrected chi connectivity index (χ3v) is 7.68. The first-order valence-electron chi connectivity index (χ1n) is 13.5. The van der Waals surface area contributed by atoms with E-state index in [1.165, 1.54) is 11.0 Å². The lowest BCUT2D eigenvalue weighted by Crippen LogP contribution is -2.47. The Hall–Kier alpha value is -4.61. The van der Waals surface area contributed by atoms with Crippen molar-refractivity contribution in [2.75, 3.05) is 51.2 Å². The SMILES string of the molecule is CN1CCN(CCN(C(=O)O)c2nc3ccc(-c4cc(Cc5n[nH]c(=O)c6ccccc56)ccc4F)cc3[nH]2)CC1. The topological polar surface area (TPSA) is 121 Å². The molecule has 11 heteroatoms. The molecule has 3 aromatic carbocycles. The van der Waals surface area contributed by atoms with Crippen LogP contribution in [0.3, 0.4) is 0 Å². The minimum atomic E-state index is -1.08. The molecule has 3 N–H and O–H groups in total. The average molecular weight is 556 g/mol. The van der Waals surface area contributed by atoms with Crippen LogP contribution < -0.4 is 10.5 Å². The van der Waals surface area contributed by atoms with Gasteiger partial charge in [-0.3, -0.25) is 9.69 Å². The highest BCUT2D eigenvalue weighted by molar-refractivity contribution is 5.89. The van der Waals surface area contributed by atoms with Crippen molar-refractivity contribution in [3.05, 3.63) is 88.1 Å². The van der Waals surface area contributed by atoms with E-state index in [0.717, 1.165) is 37.1 Å². The number of halogens is 1. The summed E-state index contributed by atoms with van der Waals surface area (Å²) in [4.78, 5) is 37.6. The largest absolute Gasteiger partial charge is 0.465 e. The van der Waals surface area contributed by atoms with Crippen molar-refractivity contribution in [3.63, 3.8) is 0 Å². The number of imidazole rings is 1. The molecular weight excluding hydrogens is 525 g/mol. The Morgan fingerprint density at radius 1 is 1.05 bits per heavy atom. The van der Waals surface area contributed by atoms with Crippen molar-refractivity contribution in [1.29, 1.82) is 0 Å². The summed E-state index contributed by atoms with van der Waals surface area (Å²) in [5, 5.41) is 18.0. The van der Waals surface area contributed by atoms with Crippen LogP contribution in [0.25, 0.3) is 32.9 Å². The fourth-order valence-corrected chi connectivity index (χ4v) is 5.30. The van der Waals surface area contributed by atoms with Crippen molar-refractivity contribution in [1.82, 2.24) is 30.0 Å². The molecule has 210 valence electrons. The molecule has 0 saturated carbocycles. The van der Waals surface area contributed by atoms with Crippen molar-refractivity contribution in [2.45, 2.75) is 6.42 Å². The second-order valence-electron chi connectivity index (χ2n) is 10.4. The maximum Gasteiger partial charge on any atom is 0.414 e. The molecule has 1 amide bonds. The van der Waals surface area contributed by atoms with Crippen molar-refractivity contribution in [3.8, 4) is 11.1 Å². The van der Waals surface area contributed by atoms with Gasteiger partial charge in [-0.2, -0.15) is 5.10 Å². The second-order valence-corrected chi connectivity index (χ2v) is 10.4. The maximum absolute atomic E-state index is 15.1. The summed E-state index contributed by atoms with van der Waals surface area (Å²) in [5.74, 6) is -0.143. The average Bonchev–Trinajstić information content (AvgIpc) is 3.39.